The third kappa shape index (κ3) is 3.34. The lowest BCUT2D eigenvalue weighted by molar-refractivity contribution is -0.146. The fourth-order valence-electron chi connectivity index (χ4n) is 4.25. The quantitative estimate of drug-likeness (QED) is 0.606. The Hall–Kier alpha value is -2.21. The average molecular weight is 401 g/mol. The molecule has 2 bridgehead atoms. The third-order valence-corrected chi connectivity index (χ3v) is 7.95. The number of allylic oxidation sites excluding steroid dienone is 1. The molecule has 6 nitrogen and oxygen atoms in total. The van der Waals surface area contributed by atoms with Gasteiger partial charge in [0.1, 0.15) is 0 Å². The van der Waals surface area contributed by atoms with Crippen molar-refractivity contribution >= 4 is 21.7 Å². The topological polar surface area (TPSA) is 83.6 Å². The highest BCUT2D eigenvalue weighted by Crippen LogP contribution is 2.50. The van der Waals surface area contributed by atoms with Crippen LogP contribution in [0.5, 0.6) is 0 Å². The number of carbonyl (C=O) groups is 2. The molecule has 148 valence electrons. The van der Waals surface area contributed by atoms with Crippen LogP contribution >= 0.6 is 0 Å². The van der Waals surface area contributed by atoms with Gasteiger partial charge in [0, 0.05) is 19.1 Å². The molecule has 1 N–H and O–H groups in total. The molecule has 0 aromatic heterocycles. The molecule has 1 saturated carbocycles. The predicted octanol–water partition coefficient (Wildman–Crippen LogP) is 2.10. The maximum Gasteiger partial charge on any atom is 0.288 e. The van der Waals surface area contributed by atoms with E-state index in [1.807, 2.05) is 13.0 Å². The molecule has 0 atom stereocenters. The highest BCUT2D eigenvalue weighted by atomic mass is 32.2. The molecule has 0 unspecified atom stereocenters. The van der Waals surface area contributed by atoms with Crippen LogP contribution in [0.2, 0.25) is 0 Å². The van der Waals surface area contributed by atoms with E-state index < -0.39 is 21.3 Å². The number of nitrogens with zero attached hydrogens (tertiary/aromatic N) is 1. The second-order valence-electron chi connectivity index (χ2n) is 8.08. The van der Waals surface area contributed by atoms with Crippen molar-refractivity contribution in [3.05, 3.63) is 47.2 Å². The predicted molar refractivity (Wildman–Crippen MR) is 104 cm³/mol. The van der Waals surface area contributed by atoms with Crippen LogP contribution in [0.4, 0.5) is 0 Å². The molecule has 5 rings (SSSR count). The van der Waals surface area contributed by atoms with Gasteiger partial charge in [-0.25, -0.2) is 8.42 Å². The Bertz CT molecular complexity index is 966. The number of fused-ring (bicyclic) bond motifs is 1. The van der Waals surface area contributed by atoms with Crippen molar-refractivity contribution in [2.75, 3.05) is 13.1 Å². The maximum absolute atomic E-state index is 12.8. The van der Waals surface area contributed by atoms with Crippen molar-refractivity contribution in [1.82, 2.24) is 9.62 Å². The first-order valence-electron chi connectivity index (χ1n) is 9.65. The van der Waals surface area contributed by atoms with E-state index in [2.05, 4.69) is 11.0 Å². The van der Waals surface area contributed by atoms with E-state index in [0.29, 0.717) is 45.2 Å². The summed E-state index contributed by atoms with van der Waals surface area (Å²) in [4.78, 5) is 25.3. The van der Waals surface area contributed by atoms with Crippen LogP contribution in [-0.4, -0.2) is 43.5 Å². The third-order valence-electron chi connectivity index (χ3n) is 6.04. The monoisotopic (exact) mass is 400 g/mol. The lowest BCUT2D eigenvalue weighted by atomic mass is 9.59. The van der Waals surface area contributed by atoms with E-state index in [-0.39, 0.29) is 16.7 Å². The number of rotatable bonds is 5. The van der Waals surface area contributed by atoms with Crippen LogP contribution in [0.25, 0.3) is 0 Å². The summed E-state index contributed by atoms with van der Waals surface area (Å²) in [7, 11) is -3.53. The van der Waals surface area contributed by atoms with Crippen molar-refractivity contribution in [1.29, 1.82) is 0 Å². The zero-order chi connectivity index (χ0) is 19.9. The minimum Gasteiger partial charge on any atom is -0.347 e. The van der Waals surface area contributed by atoms with Crippen molar-refractivity contribution in [3.8, 4) is 0 Å². The smallest absolute Gasteiger partial charge is 0.288 e. The molecule has 1 aromatic rings. The largest absolute Gasteiger partial charge is 0.347 e. The van der Waals surface area contributed by atoms with E-state index in [4.69, 9.17) is 0 Å². The van der Waals surface area contributed by atoms with E-state index in [0.717, 1.165) is 11.1 Å². The van der Waals surface area contributed by atoms with Gasteiger partial charge >= 0.3 is 0 Å². The molecule has 1 heterocycles. The number of ketones is 1. The van der Waals surface area contributed by atoms with Gasteiger partial charge in [0.05, 0.1) is 10.3 Å². The Morgan fingerprint density at radius 2 is 1.79 bits per heavy atom. The molecule has 7 heteroatoms. The second kappa shape index (κ2) is 6.99. The molecule has 1 saturated heterocycles. The number of nitrogens with one attached hydrogen (secondary N) is 1. The van der Waals surface area contributed by atoms with Gasteiger partial charge in [0.15, 0.2) is 0 Å². The van der Waals surface area contributed by atoms with Gasteiger partial charge in [0.25, 0.3) is 5.91 Å². The van der Waals surface area contributed by atoms with Gasteiger partial charge in [-0.15, -0.1) is 5.73 Å². The molecule has 1 aromatic carbocycles. The Morgan fingerprint density at radius 1 is 1.14 bits per heavy atom. The van der Waals surface area contributed by atoms with Crippen molar-refractivity contribution in [2.45, 2.75) is 50.0 Å². The fraction of sp³-hybridized carbons (Fsp3) is 0.476. The Labute approximate surface area is 165 Å². The van der Waals surface area contributed by atoms with Gasteiger partial charge in [-0.1, -0.05) is 17.7 Å². The number of aryl methyl sites for hydroxylation is 1. The average Bonchev–Trinajstić information content (AvgIpc) is 2.68. The number of piperidine rings is 1. The van der Waals surface area contributed by atoms with Crippen LogP contribution in [0.1, 0.15) is 37.7 Å². The molecule has 1 aliphatic heterocycles. The number of amides is 1. The van der Waals surface area contributed by atoms with Crippen LogP contribution in [0.15, 0.2) is 46.5 Å². The maximum atomic E-state index is 12.8. The number of hydrogen-bond donors (Lipinski definition) is 1. The molecule has 0 spiro atoms. The first-order valence-corrected chi connectivity index (χ1v) is 11.1. The van der Waals surface area contributed by atoms with E-state index >= 15 is 0 Å². The first kappa shape index (κ1) is 19.1. The lowest BCUT2D eigenvalue weighted by Crippen LogP contribution is -2.52. The molecular formula is C21H24N2O4S. The zero-order valence-electron chi connectivity index (χ0n) is 15.9. The van der Waals surface area contributed by atoms with Crippen molar-refractivity contribution < 1.29 is 18.0 Å². The molecule has 1 amide bonds. The molecule has 4 aliphatic rings. The zero-order valence-corrected chi connectivity index (χ0v) is 16.7. The van der Waals surface area contributed by atoms with E-state index in [9.17, 15) is 18.0 Å². The van der Waals surface area contributed by atoms with Gasteiger partial charge in [-0.2, -0.15) is 4.31 Å². The van der Waals surface area contributed by atoms with Gasteiger partial charge < -0.3 is 5.32 Å². The second-order valence-corrected chi connectivity index (χ2v) is 10.0. The summed E-state index contributed by atoms with van der Waals surface area (Å²) in [6.07, 6.45) is 4.72. The standard InChI is InChI=1S/C21H24N2O4S/c1-15-4-6-18(7-5-15)28(26,27)23-11-8-17(9-12-23)22-20(25)19(24)21-10-2-3-16(13-21)14-21/h2,4-7,17H,8-14H2,1H3,(H,22,25). The van der Waals surface area contributed by atoms with Crippen LogP contribution in [-0.2, 0) is 19.6 Å². The number of carbonyl (C=O) groups excluding carboxylic acids is 2. The van der Waals surface area contributed by atoms with Gasteiger partial charge in [-0.3, -0.25) is 9.59 Å². The summed E-state index contributed by atoms with van der Waals surface area (Å²) in [6, 6.07) is 6.64. The van der Waals surface area contributed by atoms with Crippen LogP contribution in [0.3, 0.4) is 0 Å². The molecule has 28 heavy (non-hydrogen) atoms. The Morgan fingerprint density at radius 3 is 2.36 bits per heavy atom. The number of benzene rings is 1. The van der Waals surface area contributed by atoms with Crippen molar-refractivity contribution in [3.63, 3.8) is 0 Å². The summed E-state index contributed by atoms with van der Waals surface area (Å²) in [5.41, 5.74) is 4.69. The Kier molecular flexibility index (Phi) is 4.78. The molecule has 3 aliphatic carbocycles. The summed E-state index contributed by atoms with van der Waals surface area (Å²) in [5.74, 6) is -0.877. The van der Waals surface area contributed by atoms with Crippen LogP contribution < -0.4 is 5.32 Å². The molecular weight excluding hydrogens is 376 g/mol. The van der Waals surface area contributed by atoms with E-state index in [1.54, 1.807) is 24.3 Å². The minimum absolute atomic E-state index is 0.175. The molecule has 2 fully saturated rings. The first-order chi connectivity index (χ1) is 13.3. The van der Waals surface area contributed by atoms with Crippen molar-refractivity contribution in [2.24, 2.45) is 5.41 Å². The summed E-state index contributed by atoms with van der Waals surface area (Å²) >= 11 is 0. The number of sulfonamides is 1. The lowest BCUT2D eigenvalue weighted by Gasteiger charge is -2.42. The van der Waals surface area contributed by atoms with Gasteiger partial charge in [0.2, 0.25) is 15.8 Å². The summed E-state index contributed by atoms with van der Waals surface area (Å²) in [5, 5.41) is 2.83. The van der Waals surface area contributed by atoms with Crippen LogP contribution in [0, 0.1) is 12.3 Å². The highest BCUT2D eigenvalue weighted by molar-refractivity contribution is 7.89. The number of Topliss-reactive ketones (excluding diaryl/α,β-unsaturated/α-hetero) is 1. The summed E-state index contributed by atoms with van der Waals surface area (Å²) in [6.45, 7) is 2.57. The van der Waals surface area contributed by atoms with E-state index in [1.165, 1.54) is 4.31 Å². The number of hydrogen-bond acceptors (Lipinski definition) is 4. The summed E-state index contributed by atoms with van der Waals surface area (Å²) < 4.78 is 27.0. The Balaban J connectivity index is 1.33. The normalized spacial score (nSPS) is 21.5. The highest BCUT2D eigenvalue weighted by Gasteiger charge is 2.50. The fourth-order valence-corrected chi connectivity index (χ4v) is 5.72. The molecule has 0 radical (unpaired) electrons. The minimum atomic E-state index is -3.53. The van der Waals surface area contributed by atoms with Gasteiger partial charge in [-0.05, 0) is 62.8 Å². The SMILES string of the molecule is Cc1ccc(S(=O)(=O)N2CCC(NC(=O)C(=O)C34CC=C=C(C3)C4)CC2)cc1.